The van der Waals surface area contributed by atoms with Gasteiger partial charge in [0.15, 0.2) is 5.96 Å². The molecule has 0 bridgehead atoms. The van der Waals surface area contributed by atoms with Crippen molar-refractivity contribution in [2.45, 2.75) is 19.0 Å². The molecule has 0 spiro atoms. The maximum absolute atomic E-state index is 14.0. The molecule has 2 N–H and O–H groups in total. The van der Waals surface area contributed by atoms with Crippen LogP contribution in [0.15, 0.2) is 41.4 Å². The monoisotopic (exact) mass is 503 g/mol. The molecule has 0 radical (unpaired) electrons. The van der Waals surface area contributed by atoms with Gasteiger partial charge in [0, 0.05) is 38.3 Å². The molecule has 0 aliphatic carbocycles. The third-order valence-electron chi connectivity index (χ3n) is 4.43. The molecule has 2 heterocycles. The number of hydrogen-bond donors (Lipinski definition) is 2. The second kappa shape index (κ2) is 10.4. The molecule has 1 aliphatic heterocycles. The molecular weight excluding hydrogens is 479 g/mol. The summed E-state index contributed by atoms with van der Waals surface area (Å²) in [5, 5.41) is 6.55. The molecule has 1 saturated heterocycles. The van der Waals surface area contributed by atoms with E-state index >= 15 is 0 Å². The highest BCUT2D eigenvalue weighted by molar-refractivity contribution is 14.0. The van der Waals surface area contributed by atoms with Crippen LogP contribution in [0.3, 0.4) is 0 Å². The molecular formula is C19H24F2IN5O. The minimum Gasteiger partial charge on any atom is -0.481 e. The quantitative estimate of drug-likeness (QED) is 0.374. The Hall–Kier alpha value is -2.17. The van der Waals surface area contributed by atoms with E-state index in [-0.39, 0.29) is 30.0 Å². The number of aromatic nitrogens is 1. The number of pyridine rings is 1. The van der Waals surface area contributed by atoms with Crippen molar-refractivity contribution >= 4 is 35.6 Å². The average Bonchev–Trinajstić information content (AvgIpc) is 3.13. The number of anilines is 1. The molecule has 1 atom stereocenters. The number of nitrogens with one attached hydrogen (secondary N) is 2. The Morgan fingerprint density at radius 3 is 2.86 bits per heavy atom. The van der Waals surface area contributed by atoms with Gasteiger partial charge in [-0.1, -0.05) is 6.07 Å². The standard InChI is InChI=1S/C19H23F2N5O.HI/c1-22-19(23-11-14-4-3-5-18(24-14)27-2)25-15-8-9-26(12-15)17-7-6-13(20)10-16(17)21;/h3-7,10,15H,8-9,11-12H2,1-2H3,(H2,22,23,25);1H. The van der Waals surface area contributed by atoms with E-state index in [1.165, 1.54) is 12.1 Å². The highest BCUT2D eigenvalue weighted by Crippen LogP contribution is 2.24. The van der Waals surface area contributed by atoms with Crippen molar-refractivity contribution in [3.63, 3.8) is 0 Å². The predicted octanol–water partition coefficient (Wildman–Crippen LogP) is 2.93. The van der Waals surface area contributed by atoms with Crippen LogP contribution < -0.4 is 20.3 Å². The summed E-state index contributed by atoms with van der Waals surface area (Å²) >= 11 is 0. The Morgan fingerprint density at radius 1 is 1.32 bits per heavy atom. The topological polar surface area (TPSA) is 61.8 Å². The van der Waals surface area contributed by atoms with Gasteiger partial charge in [-0.25, -0.2) is 13.8 Å². The van der Waals surface area contributed by atoms with Crippen LogP contribution in [0.2, 0.25) is 0 Å². The van der Waals surface area contributed by atoms with Crippen LogP contribution in [0.1, 0.15) is 12.1 Å². The summed E-state index contributed by atoms with van der Waals surface area (Å²) in [4.78, 5) is 10.5. The minimum absolute atomic E-state index is 0. The fourth-order valence-electron chi connectivity index (χ4n) is 3.07. The number of ether oxygens (including phenoxy) is 1. The first kappa shape index (κ1) is 22.1. The number of halogens is 3. The van der Waals surface area contributed by atoms with Crippen LogP contribution in [0, 0.1) is 11.6 Å². The van der Waals surface area contributed by atoms with E-state index in [0.29, 0.717) is 37.2 Å². The normalized spacial score (nSPS) is 16.5. The van der Waals surface area contributed by atoms with E-state index in [0.717, 1.165) is 18.2 Å². The summed E-state index contributed by atoms with van der Waals surface area (Å²) in [5.74, 6) is 0.0965. The molecule has 1 fully saturated rings. The number of guanidine groups is 1. The highest BCUT2D eigenvalue weighted by Gasteiger charge is 2.25. The average molecular weight is 503 g/mol. The van der Waals surface area contributed by atoms with E-state index < -0.39 is 11.6 Å². The van der Waals surface area contributed by atoms with E-state index in [1.54, 1.807) is 20.2 Å². The van der Waals surface area contributed by atoms with Crippen molar-refractivity contribution in [1.29, 1.82) is 0 Å². The van der Waals surface area contributed by atoms with E-state index in [1.807, 2.05) is 17.0 Å². The van der Waals surface area contributed by atoms with Gasteiger partial charge in [0.05, 0.1) is 25.0 Å². The molecule has 1 aliphatic rings. The van der Waals surface area contributed by atoms with Gasteiger partial charge in [-0.15, -0.1) is 24.0 Å². The second-order valence-corrected chi connectivity index (χ2v) is 6.27. The lowest BCUT2D eigenvalue weighted by molar-refractivity contribution is 0.396. The first-order valence-electron chi connectivity index (χ1n) is 8.76. The summed E-state index contributed by atoms with van der Waals surface area (Å²) < 4.78 is 32.2. The molecule has 6 nitrogen and oxygen atoms in total. The van der Waals surface area contributed by atoms with Gasteiger partial charge in [0.25, 0.3) is 0 Å². The number of methoxy groups -OCH3 is 1. The van der Waals surface area contributed by atoms with E-state index in [9.17, 15) is 8.78 Å². The molecule has 2 aromatic rings. The van der Waals surface area contributed by atoms with E-state index in [2.05, 4.69) is 20.6 Å². The molecule has 1 aromatic carbocycles. The van der Waals surface area contributed by atoms with Crippen LogP contribution in [0.4, 0.5) is 14.5 Å². The van der Waals surface area contributed by atoms with Crippen molar-refractivity contribution < 1.29 is 13.5 Å². The zero-order chi connectivity index (χ0) is 19.2. The minimum atomic E-state index is -0.569. The van der Waals surface area contributed by atoms with Crippen LogP contribution in [-0.4, -0.2) is 44.2 Å². The van der Waals surface area contributed by atoms with E-state index in [4.69, 9.17) is 4.74 Å². The summed E-state index contributed by atoms with van der Waals surface area (Å²) in [6.07, 6.45) is 0.828. The zero-order valence-corrected chi connectivity index (χ0v) is 18.1. The van der Waals surface area contributed by atoms with Crippen LogP contribution in [0.5, 0.6) is 5.88 Å². The van der Waals surface area contributed by atoms with Gasteiger partial charge in [0.2, 0.25) is 5.88 Å². The van der Waals surface area contributed by atoms with Gasteiger partial charge >= 0.3 is 0 Å². The molecule has 28 heavy (non-hydrogen) atoms. The van der Waals surface area contributed by atoms with Gasteiger partial charge in [-0.3, -0.25) is 4.99 Å². The SMILES string of the molecule is CN=C(NCc1cccc(OC)n1)NC1CCN(c2ccc(F)cc2F)C1.I. The summed E-state index contributed by atoms with van der Waals surface area (Å²) in [6.45, 7) is 1.80. The Bertz CT molecular complexity index is 821. The maximum atomic E-state index is 14.0. The molecule has 0 amide bonds. The molecule has 1 unspecified atom stereocenters. The zero-order valence-electron chi connectivity index (χ0n) is 15.8. The first-order chi connectivity index (χ1) is 13.1. The maximum Gasteiger partial charge on any atom is 0.213 e. The molecule has 9 heteroatoms. The Kier molecular flexibility index (Phi) is 8.21. The Balaban J connectivity index is 0.00000280. The fraction of sp³-hybridized carbons (Fsp3) is 0.368. The lowest BCUT2D eigenvalue weighted by Crippen LogP contribution is -2.44. The third kappa shape index (κ3) is 5.66. The van der Waals surface area contributed by atoms with Gasteiger partial charge < -0.3 is 20.3 Å². The molecule has 1 aromatic heterocycles. The Labute approximate surface area is 180 Å². The van der Waals surface area contributed by atoms with Crippen molar-refractivity contribution in [1.82, 2.24) is 15.6 Å². The number of rotatable bonds is 5. The van der Waals surface area contributed by atoms with Crippen LogP contribution in [0.25, 0.3) is 0 Å². The summed E-state index contributed by atoms with van der Waals surface area (Å²) in [6, 6.07) is 9.35. The fourth-order valence-corrected chi connectivity index (χ4v) is 3.07. The summed E-state index contributed by atoms with van der Waals surface area (Å²) in [5.41, 5.74) is 1.25. The van der Waals surface area contributed by atoms with Gasteiger partial charge in [-0.2, -0.15) is 0 Å². The number of aliphatic imine (C=N–C) groups is 1. The van der Waals surface area contributed by atoms with Crippen molar-refractivity contribution in [3.8, 4) is 5.88 Å². The highest BCUT2D eigenvalue weighted by atomic mass is 127. The number of benzene rings is 1. The third-order valence-corrected chi connectivity index (χ3v) is 4.43. The largest absolute Gasteiger partial charge is 0.481 e. The number of hydrogen-bond acceptors (Lipinski definition) is 4. The number of nitrogens with zero attached hydrogens (tertiary/aromatic N) is 3. The lowest BCUT2D eigenvalue weighted by Gasteiger charge is -2.21. The Morgan fingerprint density at radius 2 is 2.14 bits per heavy atom. The van der Waals surface area contributed by atoms with Crippen molar-refractivity contribution in [2.75, 3.05) is 32.1 Å². The molecule has 3 rings (SSSR count). The van der Waals surface area contributed by atoms with Gasteiger partial charge in [-0.05, 0) is 24.6 Å². The van der Waals surface area contributed by atoms with Crippen LogP contribution in [-0.2, 0) is 6.54 Å². The smallest absolute Gasteiger partial charge is 0.213 e. The van der Waals surface area contributed by atoms with Crippen molar-refractivity contribution in [3.05, 3.63) is 53.7 Å². The summed E-state index contributed by atoms with van der Waals surface area (Å²) in [7, 11) is 3.27. The van der Waals surface area contributed by atoms with Crippen LogP contribution >= 0.6 is 24.0 Å². The predicted molar refractivity (Wildman–Crippen MR) is 117 cm³/mol. The lowest BCUT2D eigenvalue weighted by atomic mass is 10.2. The molecule has 0 saturated carbocycles. The van der Waals surface area contributed by atoms with Gasteiger partial charge in [0.1, 0.15) is 11.6 Å². The first-order valence-corrected chi connectivity index (χ1v) is 8.76. The van der Waals surface area contributed by atoms with Crippen molar-refractivity contribution in [2.24, 2.45) is 4.99 Å². The second-order valence-electron chi connectivity index (χ2n) is 6.27. The molecule has 152 valence electrons.